The average Bonchev–Trinajstić information content (AvgIpc) is 2.30. The van der Waals surface area contributed by atoms with Gasteiger partial charge in [-0.05, 0) is 13.8 Å². The van der Waals surface area contributed by atoms with Gasteiger partial charge in [0, 0.05) is 6.42 Å². The Morgan fingerprint density at radius 2 is 2.46 bits per heavy atom. The summed E-state index contributed by atoms with van der Waals surface area (Å²) in [5, 5.41) is 0. The fourth-order valence-electron chi connectivity index (χ4n) is 1.21. The summed E-state index contributed by atoms with van der Waals surface area (Å²) in [5.41, 5.74) is 8.09. The first-order valence-corrected chi connectivity index (χ1v) is 4.05. The van der Waals surface area contributed by atoms with Gasteiger partial charge in [-0.2, -0.15) is 4.79 Å². The Labute approximate surface area is 76.3 Å². The van der Waals surface area contributed by atoms with Crippen molar-refractivity contribution in [2.45, 2.75) is 32.2 Å². The standard InChI is InChI=1S/C8H12N2O3/c1-8(2)12-5-7(13-8)3-6(11)4-10-9/h4,7H,3,5H2,1-2H3. The molecule has 0 N–H and O–H groups in total. The van der Waals surface area contributed by atoms with Crippen LogP contribution in [0.25, 0.3) is 5.53 Å². The van der Waals surface area contributed by atoms with E-state index in [1.165, 1.54) is 0 Å². The highest BCUT2D eigenvalue weighted by Crippen LogP contribution is 2.23. The molecule has 1 aliphatic heterocycles. The Morgan fingerprint density at radius 3 is 2.92 bits per heavy atom. The van der Waals surface area contributed by atoms with Gasteiger partial charge in [-0.15, -0.1) is 0 Å². The van der Waals surface area contributed by atoms with Crippen LogP contribution in [0, 0.1) is 0 Å². The monoisotopic (exact) mass is 184 g/mol. The smallest absolute Gasteiger partial charge is 0.323 e. The highest BCUT2D eigenvalue weighted by Gasteiger charge is 2.33. The zero-order valence-electron chi connectivity index (χ0n) is 7.69. The Morgan fingerprint density at radius 1 is 1.77 bits per heavy atom. The third-order valence-corrected chi connectivity index (χ3v) is 1.70. The molecule has 5 heteroatoms. The van der Waals surface area contributed by atoms with Crippen molar-refractivity contribution in [1.82, 2.24) is 0 Å². The molecule has 0 aromatic rings. The van der Waals surface area contributed by atoms with E-state index >= 15 is 0 Å². The van der Waals surface area contributed by atoms with Crippen LogP contribution in [0.3, 0.4) is 0 Å². The minimum atomic E-state index is -0.610. The number of ketones is 1. The summed E-state index contributed by atoms with van der Waals surface area (Å²) < 4.78 is 10.6. The van der Waals surface area contributed by atoms with Gasteiger partial charge in [0.2, 0.25) is 5.78 Å². The zero-order chi connectivity index (χ0) is 9.90. The summed E-state index contributed by atoms with van der Waals surface area (Å²) in [6.45, 7) is 3.98. The Kier molecular flexibility index (Phi) is 2.93. The van der Waals surface area contributed by atoms with Gasteiger partial charge in [0.1, 0.15) is 0 Å². The molecule has 5 nitrogen and oxygen atoms in total. The molecule has 13 heavy (non-hydrogen) atoms. The summed E-state index contributed by atoms with van der Waals surface area (Å²) in [6, 6.07) is 0. The number of Topliss-reactive ketones (excluding diaryl/α,β-unsaturated/α-hetero) is 1. The van der Waals surface area contributed by atoms with Crippen LogP contribution >= 0.6 is 0 Å². The lowest BCUT2D eigenvalue weighted by Gasteiger charge is -2.16. The van der Waals surface area contributed by atoms with E-state index in [2.05, 4.69) is 4.79 Å². The molecule has 1 atom stereocenters. The minimum Gasteiger partial charge on any atom is -0.361 e. The largest absolute Gasteiger partial charge is 0.361 e. The molecule has 1 unspecified atom stereocenters. The second kappa shape index (κ2) is 3.79. The molecule has 0 saturated carbocycles. The molecule has 0 aromatic heterocycles. The van der Waals surface area contributed by atoms with E-state index in [0.29, 0.717) is 6.61 Å². The van der Waals surface area contributed by atoms with Crippen LogP contribution in [0.4, 0.5) is 0 Å². The van der Waals surface area contributed by atoms with E-state index < -0.39 is 5.79 Å². The quantitative estimate of drug-likeness (QED) is 0.362. The Bertz CT molecular complexity index is 256. The van der Waals surface area contributed by atoms with Crippen molar-refractivity contribution in [3.8, 4) is 0 Å². The van der Waals surface area contributed by atoms with Gasteiger partial charge in [0.25, 0.3) is 0 Å². The second-order valence-corrected chi connectivity index (χ2v) is 3.37. The van der Waals surface area contributed by atoms with Gasteiger partial charge in [-0.1, -0.05) is 0 Å². The van der Waals surface area contributed by atoms with E-state index in [-0.39, 0.29) is 18.3 Å². The van der Waals surface area contributed by atoms with E-state index in [1.54, 1.807) is 13.8 Å². The SMILES string of the molecule is CC1(C)OCC(CC(=O)C=[N+]=[N-])O1. The normalized spacial score (nSPS) is 25.2. The van der Waals surface area contributed by atoms with Crippen molar-refractivity contribution in [3.63, 3.8) is 0 Å². The minimum absolute atomic E-state index is 0.188. The van der Waals surface area contributed by atoms with E-state index in [9.17, 15) is 4.79 Å². The second-order valence-electron chi connectivity index (χ2n) is 3.37. The first-order chi connectivity index (χ1) is 6.03. The third kappa shape index (κ3) is 3.06. The third-order valence-electron chi connectivity index (χ3n) is 1.70. The van der Waals surface area contributed by atoms with Crippen molar-refractivity contribution in [2.75, 3.05) is 6.61 Å². The van der Waals surface area contributed by atoms with Crippen molar-refractivity contribution in [1.29, 1.82) is 0 Å². The fourth-order valence-corrected chi connectivity index (χ4v) is 1.21. The maximum absolute atomic E-state index is 11.0. The van der Waals surface area contributed by atoms with Gasteiger partial charge < -0.3 is 15.0 Å². The molecule has 1 fully saturated rings. The van der Waals surface area contributed by atoms with Gasteiger partial charge in [0.05, 0.1) is 12.7 Å². The number of carbonyl (C=O) groups is 1. The lowest BCUT2D eigenvalue weighted by Crippen LogP contribution is -2.23. The van der Waals surface area contributed by atoms with Gasteiger partial charge in [-0.3, -0.25) is 4.79 Å². The molecular weight excluding hydrogens is 172 g/mol. The number of hydrogen-bond acceptors (Lipinski definition) is 3. The van der Waals surface area contributed by atoms with Gasteiger partial charge in [-0.25, -0.2) is 0 Å². The highest BCUT2D eigenvalue weighted by molar-refractivity contribution is 6.25. The maximum atomic E-state index is 11.0. The van der Waals surface area contributed by atoms with Crippen LogP contribution in [0.5, 0.6) is 0 Å². The number of nitrogens with zero attached hydrogens (tertiary/aromatic N) is 2. The summed E-state index contributed by atoms with van der Waals surface area (Å²) in [7, 11) is 0. The molecule has 1 rings (SSSR count). The van der Waals surface area contributed by atoms with Gasteiger partial charge >= 0.3 is 6.21 Å². The van der Waals surface area contributed by atoms with Crippen molar-refractivity contribution < 1.29 is 19.1 Å². The van der Waals surface area contributed by atoms with Crippen molar-refractivity contribution >= 4 is 12.0 Å². The molecular formula is C8H12N2O3. The van der Waals surface area contributed by atoms with Crippen LogP contribution in [0.1, 0.15) is 20.3 Å². The number of hydrogen-bond donors (Lipinski definition) is 0. The number of rotatable bonds is 3. The predicted octanol–water partition coefficient (Wildman–Crippen LogP) is 0.398. The zero-order valence-corrected chi connectivity index (χ0v) is 7.69. The van der Waals surface area contributed by atoms with E-state index in [1.807, 2.05) is 0 Å². The molecule has 0 spiro atoms. The van der Waals surface area contributed by atoms with Gasteiger partial charge in [0.15, 0.2) is 5.79 Å². The molecule has 1 heterocycles. The first kappa shape index (κ1) is 10.1. The Balaban J connectivity index is 2.40. The van der Waals surface area contributed by atoms with E-state index in [0.717, 1.165) is 6.21 Å². The molecule has 72 valence electrons. The lowest BCUT2D eigenvalue weighted by atomic mass is 10.2. The van der Waals surface area contributed by atoms with Crippen LogP contribution in [0.15, 0.2) is 0 Å². The average molecular weight is 184 g/mol. The fraction of sp³-hybridized carbons (Fsp3) is 0.750. The topological polar surface area (TPSA) is 71.9 Å². The highest BCUT2D eigenvalue weighted by atomic mass is 16.7. The summed E-state index contributed by atoms with van der Waals surface area (Å²) >= 11 is 0. The van der Waals surface area contributed by atoms with Crippen LogP contribution in [-0.2, 0) is 14.3 Å². The maximum Gasteiger partial charge on any atom is 0.323 e. The number of carbonyl (C=O) groups excluding carboxylic acids is 1. The van der Waals surface area contributed by atoms with Crippen LogP contribution in [0.2, 0.25) is 0 Å². The first-order valence-electron chi connectivity index (χ1n) is 4.05. The molecule has 0 radical (unpaired) electrons. The summed E-state index contributed by atoms with van der Waals surface area (Å²) in [6.07, 6.45) is 0.822. The number of ether oxygens (including phenoxy) is 2. The van der Waals surface area contributed by atoms with E-state index in [4.69, 9.17) is 15.0 Å². The predicted molar refractivity (Wildman–Crippen MR) is 44.2 cm³/mol. The van der Waals surface area contributed by atoms with Crippen LogP contribution in [-0.4, -0.2) is 35.3 Å². The molecule has 0 aliphatic carbocycles. The van der Waals surface area contributed by atoms with Crippen molar-refractivity contribution in [2.24, 2.45) is 0 Å². The summed E-state index contributed by atoms with van der Waals surface area (Å²) in [4.78, 5) is 13.6. The summed E-state index contributed by atoms with van der Waals surface area (Å²) in [5.74, 6) is -0.879. The molecule has 1 aliphatic rings. The lowest BCUT2D eigenvalue weighted by molar-refractivity contribution is -0.141. The van der Waals surface area contributed by atoms with Crippen LogP contribution < -0.4 is 0 Å². The Hall–Kier alpha value is -1.03. The molecule has 0 aromatic carbocycles. The molecule has 1 saturated heterocycles. The molecule has 0 bridgehead atoms. The molecule has 0 amide bonds. The van der Waals surface area contributed by atoms with Crippen molar-refractivity contribution in [3.05, 3.63) is 5.53 Å².